The van der Waals surface area contributed by atoms with Gasteiger partial charge in [-0.05, 0) is 37.3 Å². The third kappa shape index (κ3) is 3.78. The van der Waals surface area contributed by atoms with Gasteiger partial charge < -0.3 is 4.74 Å². The normalized spacial score (nSPS) is 11.6. The van der Waals surface area contributed by atoms with E-state index in [0.29, 0.717) is 22.5 Å². The molecular weight excluding hydrogens is 462 g/mol. The molecule has 0 bridgehead atoms. The highest BCUT2D eigenvalue weighted by Crippen LogP contribution is 2.30. The summed E-state index contributed by atoms with van der Waals surface area (Å²) in [5.41, 5.74) is 2.22. The molecule has 0 atom stereocenters. The molecule has 6 nitrogen and oxygen atoms in total. The van der Waals surface area contributed by atoms with Gasteiger partial charge in [0, 0.05) is 33.5 Å². The quantitative estimate of drug-likeness (QED) is 0.422. The highest BCUT2D eigenvalue weighted by molar-refractivity contribution is 9.10. The molecule has 0 aliphatic heterocycles. The van der Waals surface area contributed by atoms with Gasteiger partial charge in [0.25, 0.3) is 10.0 Å². The van der Waals surface area contributed by atoms with E-state index in [2.05, 4.69) is 25.6 Å². The third-order valence-electron chi connectivity index (χ3n) is 4.02. The van der Waals surface area contributed by atoms with Crippen molar-refractivity contribution in [2.24, 2.45) is 0 Å². The monoisotopic (exact) mass is 477 g/mol. The summed E-state index contributed by atoms with van der Waals surface area (Å²) in [5.74, 6) is 0.313. The molecule has 0 radical (unpaired) electrons. The van der Waals surface area contributed by atoms with Crippen LogP contribution in [0.3, 0.4) is 0 Å². The van der Waals surface area contributed by atoms with Gasteiger partial charge in [0.05, 0.1) is 12.3 Å². The topological polar surface area (TPSA) is 72.7 Å². The molecule has 28 heavy (non-hydrogen) atoms. The molecule has 0 fully saturated rings. The van der Waals surface area contributed by atoms with Gasteiger partial charge in [-0.1, -0.05) is 28.1 Å². The van der Waals surface area contributed by atoms with Crippen LogP contribution in [0.1, 0.15) is 6.92 Å². The molecular formula is C19H16BrN3O3S2. The van der Waals surface area contributed by atoms with E-state index in [4.69, 9.17) is 4.74 Å². The Morgan fingerprint density at radius 1 is 1.21 bits per heavy atom. The second-order valence-corrected chi connectivity index (χ2v) is 9.37. The van der Waals surface area contributed by atoms with E-state index < -0.39 is 10.0 Å². The summed E-state index contributed by atoms with van der Waals surface area (Å²) >= 11 is 4.88. The first-order valence-corrected chi connectivity index (χ1v) is 11.6. The highest BCUT2D eigenvalue weighted by Gasteiger charge is 2.20. The van der Waals surface area contributed by atoms with Crippen molar-refractivity contribution in [1.82, 2.24) is 9.38 Å². The Kier molecular flexibility index (Phi) is 5.13. The first kappa shape index (κ1) is 19.0. The van der Waals surface area contributed by atoms with E-state index in [1.54, 1.807) is 35.6 Å². The summed E-state index contributed by atoms with van der Waals surface area (Å²) in [5, 5.41) is 1.97. The Labute approximate surface area is 175 Å². The van der Waals surface area contributed by atoms with Crippen molar-refractivity contribution in [3.8, 4) is 17.0 Å². The second-order valence-electron chi connectivity index (χ2n) is 5.93. The number of nitrogens with zero attached hydrogens (tertiary/aromatic N) is 2. The molecule has 0 spiro atoms. The number of nitrogens with one attached hydrogen (secondary N) is 1. The van der Waals surface area contributed by atoms with E-state index in [0.717, 1.165) is 16.2 Å². The van der Waals surface area contributed by atoms with Crippen LogP contribution >= 0.6 is 27.3 Å². The van der Waals surface area contributed by atoms with Crippen molar-refractivity contribution in [2.45, 2.75) is 11.8 Å². The fourth-order valence-corrected chi connectivity index (χ4v) is 5.20. The van der Waals surface area contributed by atoms with Crippen LogP contribution in [0, 0.1) is 0 Å². The van der Waals surface area contributed by atoms with Crippen LogP contribution in [0.5, 0.6) is 5.75 Å². The molecule has 144 valence electrons. The number of sulfonamides is 1. The van der Waals surface area contributed by atoms with Gasteiger partial charge >= 0.3 is 0 Å². The number of anilines is 1. The zero-order valence-electron chi connectivity index (χ0n) is 14.8. The maximum atomic E-state index is 12.9. The van der Waals surface area contributed by atoms with Crippen molar-refractivity contribution in [1.29, 1.82) is 0 Å². The number of imidazole rings is 1. The maximum Gasteiger partial charge on any atom is 0.265 e. The van der Waals surface area contributed by atoms with E-state index in [-0.39, 0.29) is 4.90 Å². The predicted molar refractivity (Wildman–Crippen MR) is 115 cm³/mol. The molecule has 0 saturated carbocycles. The summed E-state index contributed by atoms with van der Waals surface area (Å²) in [7, 11) is -3.80. The molecule has 0 aliphatic rings. The van der Waals surface area contributed by atoms with Crippen LogP contribution in [0.2, 0.25) is 0 Å². The first-order chi connectivity index (χ1) is 13.5. The van der Waals surface area contributed by atoms with E-state index >= 15 is 0 Å². The Hall–Kier alpha value is -2.36. The number of benzene rings is 2. The maximum absolute atomic E-state index is 12.9. The van der Waals surface area contributed by atoms with Gasteiger partial charge in [0.1, 0.15) is 10.6 Å². The Morgan fingerprint density at radius 2 is 2.00 bits per heavy atom. The summed E-state index contributed by atoms with van der Waals surface area (Å²) in [6.45, 7) is 2.19. The minimum Gasteiger partial charge on any atom is -0.492 e. The first-order valence-electron chi connectivity index (χ1n) is 8.44. The average Bonchev–Trinajstić information content (AvgIpc) is 3.26. The zero-order valence-corrected chi connectivity index (χ0v) is 18.0. The molecule has 2 aromatic heterocycles. The van der Waals surface area contributed by atoms with E-state index in [1.165, 1.54) is 6.07 Å². The lowest BCUT2D eigenvalue weighted by Crippen LogP contribution is -2.14. The zero-order chi connectivity index (χ0) is 19.7. The van der Waals surface area contributed by atoms with Crippen LogP contribution in [0.4, 0.5) is 5.69 Å². The fourth-order valence-electron chi connectivity index (χ4n) is 2.75. The number of halogens is 1. The number of rotatable bonds is 6. The number of fused-ring (bicyclic) bond motifs is 1. The number of hydrogen-bond donors (Lipinski definition) is 1. The van der Waals surface area contributed by atoms with Gasteiger partial charge in [-0.15, -0.1) is 11.3 Å². The van der Waals surface area contributed by atoms with Crippen molar-refractivity contribution in [2.75, 3.05) is 11.3 Å². The molecule has 0 saturated heterocycles. The number of aromatic nitrogens is 2. The van der Waals surface area contributed by atoms with Crippen molar-refractivity contribution < 1.29 is 13.2 Å². The standard InChI is InChI=1S/C19H16BrN3O3S2/c1-2-26-17-8-5-14(20)11-18(17)28(24,25)22-15-6-3-13(4-7-15)16-12-23-9-10-27-19(23)21-16/h3-12,22H,2H2,1H3. The van der Waals surface area contributed by atoms with E-state index in [9.17, 15) is 8.42 Å². The molecule has 4 rings (SSSR count). The lowest BCUT2D eigenvalue weighted by Gasteiger charge is -2.13. The molecule has 9 heteroatoms. The van der Waals surface area contributed by atoms with E-state index in [1.807, 2.05) is 41.2 Å². The van der Waals surface area contributed by atoms with Gasteiger partial charge in [-0.2, -0.15) is 0 Å². The van der Waals surface area contributed by atoms with Crippen molar-refractivity contribution >= 4 is 47.9 Å². The lowest BCUT2D eigenvalue weighted by molar-refractivity contribution is 0.331. The summed E-state index contributed by atoms with van der Waals surface area (Å²) in [4.78, 5) is 5.56. The molecule has 4 aromatic rings. The molecule has 2 aromatic carbocycles. The number of hydrogen-bond acceptors (Lipinski definition) is 5. The van der Waals surface area contributed by atoms with Crippen LogP contribution in [0.25, 0.3) is 16.2 Å². The van der Waals surface area contributed by atoms with Gasteiger partial charge in [-0.25, -0.2) is 13.4 Å². The predicted octanol–water partition coefficient (Wildman–Crippen LogP) is 5.02. The van der Waals surface area contributed by atoms with Crippen molar-refractivity contribution in [3.05, 3.63) is 64.7 Å². The largest absolute Gasteiger partial charge is 0.492 e. The minimum absolute atomic E-state index is 0.0853. The second kappa shape index (κ2) is 7.57. The van der Waals surface area contributed by atoms with Gasteiger partial charge in [-0.3, -0.25) is 9.12 Å². The van der Waals surface area contributed by atoms with Crippen molar-refractivity contribution in [3.63, 3.8) is 0 Å². The molecule has 1 N–H and O–H groups in total. The SMILES string of the molecule is CCOc1ccc(Br)cc1S(=O)(=O)Nc1ccc(-c2cn3ccsc3n2)cc1. The number of ether oxygens (including phenoxy) is 1. The molecule has 2 heterocycles. The smallest absolute Gasteiger partial charge is 0.265 e. The number of thiazole rings is 1. The summed E-state index contributed by atoms with van der Waals surface area (Å²) in [6, 6.07) is 12.0. The highest BCUT2D eigenvalue weighted by atomic mass is 79.9. The Balaban J connectivity index is 1.60. The molecule has 0 unspecified atom stereocenters. The molecule has 0 amide bonds. The minimum atomic E-state index is -3.80. The molecule has 0 aliphatic carbocycles. The van der Waals surface area contributed by atoms with Crippen LogP contribution in [-0.2, 0) is 10.0 Å². The van der Waals surface area contributed by atoms with Gasteiger partial charge in [0.2, 0.25) is 0 Å². The Bertz CT molecular complexity index is 1200. The fraction of sp³-hybridized carbons (Fsp3) is 0.105. The van der Waals surface area contributed by atoms with Crippen LogP contribution < -0.4 is 9.46 Å². The van der Waals surface area contributed by atoms with Crippen LogP contribution in [-0.4, -0.2) is 24.4 Å². The summed E-state index contributed by atoms with van der Waals surface area (Å²) in [6.07, 6.45) is 3.90. The van der Waals surface area contributed by atoms with Crippen LogP contribution in [0.15, 0.2) is 69.6 Å². The van der Waals surface area contributed by atoms with Gasteiger partial charge in [0.15, 0.2) is 4.96 Å². The summed E-state index contributed by atoms with van der Waals surface area (Å²) < 4.78 is 36.4. The third-order valence-corrected chi connectivity index (χ3v) is 6.69. The lowest BCUT2D eigenvalue weighted by atomic mass is 10.1. The Morgan fingerprint density at radius 3 is 2.71 bits per heavy atom. The average molecular weight is 478 g/mol.